The Bertz CT molecular complexity index is 867. The van der Waals surface area contributed by atoms with Gasteiger partial charge in [0.2, 0.25) is 5.91 Å². The molecule has 2 amide bonds. The first-order valence-electron chi connectivity index (χ1n) is 8.69. The monoisotopic (exact) mass is 388 g/mol. The molecule has 1 saturated heterocycles. The summed E-state index contributed by atoms with van der Waals surface area (Å²) in [6.07, 6.45) is 0. The number of carbonyl (C=O) groups is 2. The molecule has 0 aliphatic carbocycles. The van der Waals surface area contributed by atoms with Crippen LogP contribution in [0.2, 0.25) is 0 Å². The first-order chi connectivity index (χ1) is 13.5. The molecule has 0 spiro atoms. The molecule has 1 N–H and O–H groups in total. The van der Waals surface area contributed by atoms with Crippen molar-refractivity contribution in [1.29, 1.82) is 0 Å². The third-order valence-corrected chi connectivity index (χ3v) is 4.46. The zero-order valence-corrected chi connectivity index (χ0v) is 15.6. The molecule has 0 atom stereocenters. The van der Waals surface area contributed by atoms with E-state index >= 15 is 0 Å². The van der Waals surface area contributed by atoms with E-state index in [0.717, 1.165) is 0 Å². The molecule has 1 fully saturated rings. The predicted molar refractivity (Wildman–Crippen MR) is 100 cm³/mol. The Hall–Kier alpha value is -3.29. The third-order valence-electron chi connectivity index (χ3n) is 4.46. The quantitative estimate of drug-likeness (QED) is 0.788. The van der Waals surface area contributed by atoms with Crippen LogP contribution in [0.4, 0.5) is 10.1 Å². The van der Waals surface area contributed by atoms with Crippen LogP contribution < -0.4 is 19.5 Å². The fraction of sp³-hybridized carbons (Fsp3) is 0.300. The van der Waals surface area contributed by atoms with Crippen molar-refractivity contribution in [2.45, 2.75) is 0 Å². The van der Waals surface area contributed by atoms with Gasteiger partial charge in [-0.25, -0.2) is 4.39 Å². The average molecular weight is 388 g/mol. The first-order valence-corrected chi connectivity index (χ1v) is 8.69. The van der Waals surface area contributed by atoms with Crippen LogP contribution in [-0.4, -0.2) is 50.6 Å². The molecule has 8 heteroatoms. The maximum absolute atomic E-state index is 13.5. The maximum atomic E-state index is 13.5. The van der Waals surface area contributed by atoms with Crippen molar-refractivity contribution in [3.05, 3.63) is 48.3 Å². The van der Waals surface area contributed by atoms with E-state index in [2.05, 4.69) is 5.32 Å². The molecule has 7 nitrogen and oxygen atoms in total. The molecule has 1 heterocycles. The fourth-order valence-corrected chi connectivity index (χ4v) is 2.79. The highest BCUT2D eigenvalue weighted by atomic mass is 19.1. The van der Waals surface area contributed by atoms with Crippen molar-refractivity contribution in [3.63, 3.8) is 0 Å². The number of ether oxygens (including phenoxy) is 3. The van der Waals surface area contributed by atoms with Crippen molar-refractivity contribution in [1.82, 2.24) is 4.90 Å². The van der Waals surface area contributed by atoms with E-state index in [4.69, 9.17) is 14.2 Å². The molecular formula is C20H21FN2O5. The smallest absolute Gasteiger partial charge is 0.260 e. The van der Waals surface area contributed by atoms with E-state index in [1.807, 2.05) is 0 Å². The molecule has 0 saturated carbocycles. The van der Waals surface area contributed by atoms with Gasteiger partial charge < -0.3 is 24.4 Å². The van der Waals surface area contributed by atoms with Gasteiger partial charge in [-0.15, -0.1) is 0 Å². The number of methoxy groups -OCH3 is 2. The Balaban J connectivity index is 1.50. The minimum absolute atomic E-state index is 0.0239. The van der Waals surface area contributed by atoms with Crippen LogP contribution in [0.25, 0.3) is 0 Å². The number of hydrogen-bond acceptors (Lipinski definition) is 5. The second kappa shape index (κ2) is 8.60. The summed E-state index contributed by atoms with van der Waals surface area (Å²) in [5.74, 6) is -0.254. The number of hydrogen-bond donors (Lipinski definition) is 1. The van der Waals surface area contributed by atoms with Crippen LogP contribution in [0.3, 0.4) is 0 Å². The zero-order chi connectivity index (χ0) is 20.1. The first kappa shape index (κ1) is 19.5. The summed E-state index contributed by atoms with van der Waals surface area (Å²) in [6, 6.07) is 11.0. The summed E-state index contributed by atoms with van der Waals surface area (Å²) in [5, 5.41) is 2.80. The Labute approximate surface area is 162 Å². The van der Waals surface area contributed by atoms with Gasteiger partial charge >= 0.3 is 0 Å². The normalized spacial score (nSPS) is 13.5. The zero-order valence-electron chi connectivity index (χ0n) is 15.6. The predicted octanol–water partition coefficient (Wildman–Crippen LogP) is 2.32. The van der Waals surface area contributed by atoms with Crippen LogP contribution >= 0.6 is 0 Å². The summed E-state index contributed by atoms with van der Waals surface area (Å²) in [5.41, 5.74) is 0.500. The van der Waals surface area contributed by atoms with Gasteiger partial charge in [-0.1, -0.05) is 12.1 Å². The van der Waals surface area contributed by atoms with Gasteiger partial charge in [-0.05, 0) is 24.3 Å². The number of para-hydroxylation sites is 1. The Kier molecular flexibility index (Phi) is 5.98. The molecule has 3 rings (SSSR count). The molecule has 1 aliphatic rings. The van der Waals surface area contributed by atoms with Crippen LogP contribution in [-0.2, 0) is 9.59 Å². The lowest BCUT2D eigenvalue weighted by Crippen LogP contribution is -2.55. The van der Waals surface area contributed by atoms with Gasteiger partial charge in [0.15, 0.2) is 18.2 Å². The highest BCUT2D eigenvalue weighted by Crippen LogP contribution is 2.30. The molecule has 1 aliphatic heterocycles. The van der Waals surface area contributed by atoms with Crippen LogP contribution in [0.1, 0.15) is 0 Å². The minimum Gasteiger partial charge on any atom is -0.497 e. The highest BCUT2D eigenvalue weighted by molar-refractivity contribution is 5.96. The molecular weight excluding hydrogens is 367 g/mol. The van der Waals surface area contributed by atoms with E-state index in [0.29, 0.717) is 17.2 Å². The molecule has 0 aromatic heterocycles. The van der Waals surface area contributed by atoms with Gasteiger partial charge in [0, 0.05) is 19.2 Å². The van der Waals surface area contributed by atoms with E-state index < -0.39 is 5.82 Å². The topological polar surface area (TPSA) is 77.1 Å². The van der Waals surface area contributed by atoms with Gasteiger partial charge in [-0.2, -0.15) is 0 Å². The number of amides is 2. The number of rotatable bonds is 7. The number of nitrogens with zero attached hydrogens (tertiary/aromatic N) is 1. The summed E-state index contributed by atoms with van der Waals surface area (Å²) < 4.78 is 29.1. The standard InChI is InChI=1S/C20H21FN2O5/c1-26-14-7-8-18(27-2)16(9-14)22-20(25)13-10-23(11-13)19(24)12-28-17-6-4-3-5-15(17)21/h3-9,13H,10-12H2,1-2H3,(H,22,25). The second-order valence-electron chi connectivity index (χ2n) is 6.27. The average Bonchev–Trinajstić information content (AvgIpc) is 2.66. The molecule has 28 heavy (non-hydrogen) atoms. The Morgan fingerprint density at radius 2 is 1.86 bits per heavy atom. The molecule has 148 valence electrons. The van der Waals surface area contributed by atoms with Gasteiger partial charge in [0.25, 0.3) is 5.91 Å². The lowest BCUT2D eigenvalue weighted by atomic mass is 9.99. The Morgan fingerprint density at radius 1 is 1.11 bits per heavy atom. The number of anilines is 1. The van der Waals surface area contributed by atoms with Crippen LogP contribution in [0.15, 0.2) is 42.5 Å². The minimum atomic E-state index is -0.525. The largest absolute Gasteiger partial charge is 0.497 e. The lowest BCUT2D eigenvalue weighted by Gasteiger charge is -2.38. The third kappa shape index (κ3) is 4.33. The maximum Gasteiger partial charge on any atom is 0.260 e. The summed E-state index contributed by atoms with van der Waals surface area (Å²) in [4.78, 5) is 26.1. The van der Waals surface area contributed by atoms with Crippen LogP contribution in [0, 0.1) is 11.7 Å². The molecule has 0 bridgehead atoms. The van der Waals surface area contributed by atoms with Gasteiger partial charge in [0.05, 0.1) is 25.8 Å². The molecule has 0 radical (unpaired) electrons. The summed E-state index contributed by atoms with van der Waals surface area (Å²) >= 11 is 0. The SMILES string of the molecule is COc1ccc(OC)c(NC(=O)C2CN(C(=O)COc3ccccc3F)C2)c1. The van der Waals surface area contributed by atoms with Crippen molar-refractivity contribution < 1.29 is 28.2 Å². The van der Waals surface area contributed by atoms with Crippen molar-refractivity contribution in [3.8, 4) is 17.2 Å². The number of benzene rings is 2. The van der Waals surface area contributed by atoms with Crippen LogP contribution in [0.5, 0.6) is 17.2 Å². The lowest BCUT2D eigenvalue weighted by molar-refractivity contribution is -0.143. The number of nitrogens with one attached hydrogen (secondary N) is 1. The second-order valence-corrected chi connectivity index (χ2v) is 6.27. The van der Waals surface area contributed by atoms with E-state index in [-0.39, 0.29) is 43.2 Å². The summed E-state index contributed by atoms with van der Waals surface area (Å²) in [7, 11) is 3.04. The van der Waals surface area contributed by atoms with Gasteiger partial charge in [0.1, 0.15) is 11.5 Å². The fourth-order valence-electron chi connectivity index (χ4n) is 2.79. The summed E-state index contributed by atoms with van der Waals surface area (Å²) in [6.45, 7) is 0.272. The van der Waals surface area contributed by atoms with Crippen molar-refractivity contribution >= 4 is 17.5 Å². The number of likely N-dealkylation sites (tertiary alicyclic amines) is 1. The van der Waals surface area contributed by atoms with E-state index in [9.17, 15) is 14.0 Å². The molecule has 2 aromatic rings. The molecule has 2 aromatic carbocycles. The highest BCUT2D eigenvalue weighted by Gasteiger charge is 2.36. The van der Waals surface area contributed by atoms with Crippen molar-refractivity contribution in [2.75, 3.05) is 39.2 Å². The molecule has 0 unspecified atom stereocenters. The Morgan fingerprint density at radius 3 is 2.54 bits per heavy atom. The van der Waals surface area contributed by atoms with E-state index in [1.165, 1.54) is 31.3 Å². The number of halogens is 1. The number of carbonyl (C=O) groups excluding carboxylic acids is 2. The van der Waals surface area contributed by atoms with Gasteiger partial charge in [-0.3, -0.25) is 9.59 Å². The van der Waals surface area contributed by atoms with E-state index in [1.54, 1.807) is 30.3 Å². The van der Waals surface area contributed by atoms with Crippen molar-refractivity contribution in [2.24, 2.45) is 5.92 Å².